The molecule has 0 radical (unpaired) electrons. The van der Waals surface area contributed by atoms with Crippen LogP contribution in [0.15, 0.2) is 48.5 Å². The zero-order valence-electron chi connectivity index (χ0n) is 15.5. The van der Waals surface area contributed by atoms with Gasteiger partial charge >= 0.3 is 0 Å². The number of nitrogens with one attached hydrogen (secondary N) is 1. The average Bonchev–Trinajstić information content (AvgIpc) is 3.12. The van der Waals surface area contributed by atoms with Gasteiger partial charge < -0.3 is 15.2 Å². The van der Waals surface area contributed by atoms with E-state index in [9.17, 15) is 13.9 Å². The SMILES string of the molecule is CC(F)(F)c1ccc(-c2nnc(NCC3(O)CCOC3)c3ccccc23)cc1. The maximum atomic E-state index is 13.5. The summed E-state index contributed by atoms with van der Waals surface area (Å²) in [5, 5.41) is 23.9. The van der Waals surface area contributed by atoms with Crippen LogP contribution < -0.4 is 5.32 Å². The monoisotopic (exact) mass is 385 g/mol. The van der Waals surface area contributed by atoms with Crippen molar-refractivity contribution in [2.75, 3.05) is 25.1 Å². The van der Waals surface area contributed by atoms with Gasteiger partial charge in [-0.3, -0.25) is 0 Å². The normalized spacial score (nSPS) is 19.9. The Morgan fingerprint density at radius 3 is 2.46 bits per heavy atom. The topological polar surface area (TPSA) is 67.3 Å². The number of benzene rings is 2. The summed E-state index contributed by atoms with van der Waals surface area (Å²) in [7, 11) is 0. The molecule has 0 bridgehead atoms. The van der Waals surface area contributed by atoms with Crippen LogP contribution in [0.5, 0.6) is 0 Å². The van der Waals surface area contributed by atoms with Crippen molar-refractivity contribution in [1.82, 2.24) is 10.2 Å². The molecule has 3 aromatic rings. The molecule has 28 heavy (non-hydrogen) atoms. The number of nitrogens with zero attached hydrogens (tertiary/aromatic N) is 2. The van der Waals surface area contributed by atoms with Gasteiger partial charge in [-0.15, -0.1) is 10.2 Å². The van der Waals surface area contributed by atoms with E-state index >= 15 is 0 Å². The number of hydrogen-bond acceptors (Lipinski definition) is 5. The maximum absolute atomic E-state index is 13.5. The van der Waals surface area contributed by atoms with Crippen LogP contribution in [0.25, 0.3) is 22.0 Å². The predicted octanol–water partition coefficient (Wildman–Crippen LogP) is 3.97. The molecule has 1 aliphatic heterocycles. The van der Waals surface area contributed by atoms with Crippen molar-refractivity contribution in [1.29, 1.82) is 0 Å². The van der Waals surface area contributed by atoms with Gasteiger partial charge in [-0.05, 0) is 0 Å². The quantitative estimate of drug-likeness (QED) is 0.696. The minimum absolute atomic E-state index is 0.0428. The van der Waals surface area contributed by atoms with Gasteiger partial charge in [0, 0.05) is 48.4 Å². The minimum Gasteiger partial charge on any atom is -0.386 e. The third-order valence-electron chi connectivity index (χ3n) is 5.02. The van der Waals surface area contributed by atoms with Gasteiger partial charge in [-0.1, -0.05) is 48.5 Å². The number of halogens is 2. The van der Waals surface area contributed by atoms with Crippen molar-refractivity contribution in [2.24, 2.45) is 0 Å². The molecule has 2 aromatic carbocycles. The Morgan fingerprint density at radius 1 is 1.11 bits per heavy atom. The molecular formula is C21H21F2N3O2. The van der Waals surface area contributed by atoms with E-state index in [2.05, 4.69) is 15.5 Å². The third kappa shape index (κ3) is 3.68. The fourth-order valence-corrected chi connectivity index (χ4v) is 3.35. The summed E-state index contributed by atoms with van der Waals surface area (Å²) < 4.78 is 32.2. The van der Waals surface area contributed by atoms with E-state index in [0.29, 0.717) is 36.6 Å². The van der Waals surface area contributed by atoms with Crippen molar-refractivity contribution < 1.29 is 18.6 Å². The number of hydrogen-bond donors (Lipinski definition) is 2. The van der Waals surface area contributed by atoms with Crippen molar-refractivity contribution in [3.05, 3.63) is 54.1 Å². The summed E-state index contributed by atoms with van der Waals surface area (Å²) in [6.45, 7) is 2.01. The van der Waals surface area contributed by atoms with E-state index in [-0.39, 0.29) is 12.2 Å². The number of aromatic nitrogens is 2. The Bertz CT molecular complexity index is 981. The van der Waals surface area contributed by atoms with E-state index in [1.807, 2.05) is 24.3 Å². The molecule has 0 aliphatic carbocycles. The lowest BCUT2D eigenvalue weighted by Crippen LogP contribution is -2.37. The van der Waals surface area contributed by atoms with Gasteiger partial charge in [0.2, 0.25) is 0 Å². The van der Waals surface area contributed by atoms with E-state index < -0.39 is 11.5 Å². The van der Waals surface area contributed by atoms with Gasteiger partial charge in [0.15, 0.2) is 5.82 Å². The van der Waals surface area contributed by atoms with Gasteiger partial charge in [-0.2, -0.15) is 0 Å². The molecule has 5 nitrogen and oxygen atoms in total. The van der Waals surface area contributed by atoms with E-state index in [0.717, 1.165) is 17.7 Å². The second-order valence-corrected chi connectivity index (χ2v) is 7.29. The second kappa shape index (κ2) is 7.07. The molecule has 0 spiro atoms. The molecule has 0 saturated carbocycles. The Kier molecular flexibility index (Phi) is 4.72. The number of rotatable bonds is 5. The highest BCUT2D eigenvalue weighted by Crippen LogP contribution is 2.33. The highest BCUT2D eigenvalue weighted by Gasteiger charge is 2.32. The van der Waals surface area contributed by atoms with Crippen LogP contribution in [0, 0.1) is 0 Å². The molecule has 1 saturated heterocycles. The van der Waals surface area contributed by atoms with Gasteiger partial charge in [0.25, 0.3) is 5.92 Å². The Morgan fingerprint density at radius 2 is 1.82 bits per heavy atom. The summed E-state index contributed by atoms with van der Waals surface area (Å²) in [4.78, 5) is 0. The molecule has 1 aliphatic rings. The Labute approximate surface area is 161 Å². The smallest absolute Gasteiger partial charge is 0.270 e. The van der Waals surface area contributed by atoms with Crippen molar-refractivity contribution >= 4 is 16.6 Å². The lowest BCUT2D eigenvalue weighted by atomic mass is 10.0. The molecule has 2 N–H and O–H groups in total. The Balaban J connectivity index is 1.67. The predicted molar refractivity (Wildman–Crippen MR) is 103 cm³/mol. The largest absolute Gasteiger partial charge is 0.386 e. The first-order valence-electron chi connectivity index (χ1n) is 9.14. The molecule has 1 atom stereocenters. The molecule has 0 amide bonds. The van der Waals surface area contributed by atoms with Crippen LogP contribution in [-0.4, -0.2) is 40.7 Å². The zero-order valence-corrected chi connectivity index (χ0v) is 15.5. The first-order chi connectivity index (χ1) is 13.4. The molecule has 4 rings (SSSR count). The zero-order chi connectivity index (χ0) is 19.8. The minimum atomic E-state index is -2.88. The van der Waals surface area contributed by atoms with Crippen molar-refractivity contribution in [2.45, 2.75) is 24.9 Å². The van der Waals surface area contributed by atoms with E-state index in [4.69, 9.17) is 4.74 Å². The number of aliphatic hydroxyl groups is 1. The van der Waals surface area contributed by atoms with E-state index in [1.54, 1.807) is 12.1 Å². The molecular weight excluding hydrogens is 364 g/mol. The van der Waals surface area contributed by atoms with Crippen LogP contribution in [0.3, 0.4) is 0 Å². The highest BCUT2D eigenvalue weighted by molar-refractivity contribution is 6.00. The fourth-order valence-electron chi connectivity index (χ4n) is 3.35. The highest BCUT2D eigenvalue weighted by atomic mass is 19.3. The van der Waals surface area contributed by atoms with Crippen LogP contribution in [-0.2, 0) is 10.7 Å². The average molecular weight is 385 g/mol. The molecule has 7 heteroatoms. The summed E-state index contributed by atoms with van der Waals surface area (Å²) in [5.74, 6) is -2.32. The third-order valence-corrected chi connectivity index (χ3v) is 5.02. The molecule has 146 valence electrons. The molecule has 2 heterocycles. The van der Waals surface area contributed by atoms with Crippen LogP contribution in [0.2, 0.25) is 0 Å². The summed E-state index contributed by atoms with van der Waals surface area (Å²) in [6.07, 6.45) is 0.567. The van der Waals surface area contributed by atoms with Crippen LogP contribution in [0.4, 0.5) is 14.6 Å². The summed E-state index contributed by atoms with van der Waals surface area (Å²) >= 11 is 0. The molecule has 1 fully saturated rings. The lowest BCUT2D eigenvalue weighted by molar-refractivity contribution is 0.0175. The summed E-state index contributed by atoms with van der Waals surface area (Å²) in [6, 6.07) is 13.7. The van der Waals surface area contributed by atoms with Crippen LogP contribution >= 0.6 is 0 Å². The fraction of sp³-hybridized carbons (Fsp3) is 0.333. The number of fused-ring (bicyclic) bond motifs is 1. The van der Waals surface area contributed by atoms with Crippen LogP contribution in [0.1, 0.15) is 18.9 Å². The van der Waals surface area contributed by atoms with Crippen molar-refractivity contribution in [3.63, 3.8) is 0 Å². The molecule has 1 aromatic heterocycles. The maximum Gasteiger partial charge on any atom is 0.270 e. The van der Waals surface area contributed by atoms with Gasteiger partial charge in [-0.25, -0.2) is 8.78 Å². The first kappa shape index (κ1) is 18.7. The van der Waals surface area contributed by atoms with Gasteiger partial charge in [0.1, 0.15) is 11.3 Å². The van der Waals surface area contributed by atoms with Crippen molar-refractivity contribution in [3.8, 4) is 11.3 Å². The Hall–Kier alpha value is -2.64. The first-order valence-corrected chi connectivity index (χ1v) is 9.14. The van der Waals surface area contributed by atoms with E-state index in [1.165, 1.54) is 12.1 Å². The number of alkyl halides is 2. The second-order valence-electron chi connectivity index (χ2n) is 7.29. The number of ether oxygens (including phenoxy) is 1. The summed E-state index contributed by atoms with van der Waals surface area (Å²) in [5.41, 5.74) is 0.378. The van der Waals surface area contributed by atoms with Gasteiger partial charge in [0.05, 0.1) is 6.61 Å². The standard InChI is InChI=1S/C21H21F2N3O2/c1-20(22,23)15-8-6-14(7-9-15)18-16-4-2-3-5-17(16)19(26-25-18)24-12-21(27)10-11-28-13-21/h2-9,27H,10-13H2,1H3,(H,24,26). The number of anilines is 1. The lowest BCUT2D eigenvalue weighted by Gasteiger charge is -2.21. The molecule has 1 unspecified atom stereocenters.